The molecule has 0 aromatic heterocycles. The van der Waals surface area contributed by atoms with E-state index in [1.165, 1.54) is 0 Å². The molecule has 2 fully saturated rings. The second-order valence-electron chi connectivity index (χ2n) is 5.61. The van der Waals surface area contributed by atoms with E-state index in [0.717, 1.165) is 12.8 Å². The Morgan fingerprint density at radius 3 is 2.37 bits per heavy atom. The Hall–Kier alpha value is -0.240. The van der Waals surface area contributed by atoms with Crippen LogP contribution < -0.4 is 0 Å². The fourth-order valence-corrected chi connectivity index (χ4v) is 2.56. The first kappa shape index (κ1) is 15.2. The summed E-state index contributed by atoms with van der Waals surface area (Å²) in [6.07, 6.45) is 0.355. The third-order valence-corrected chi connectivity index (χ3v) is 3.59. The molecule has 0 bridgehead atoms. The lowest BCUT2D eigenvalue weighted by Gasteiger charge is -2.33. The molecule has 2 saturated heterocycles. The van der Waals surface area contributed by atoms with Gasteiger partial charge in [0.2, 0.25) is 0 Å². The Bertz CT molecular complexity index is 302. The molecular weight excluding hydrogens is 252 g/mol. The van der Waals surface area contributed by atoms with Crippen LogP contribution in [-0.4, -0.2) is 59.9 Å². The Morgan fingerprint density at radius 1 is 1.11 bits per heavy atom. The van der Waals surface area contributed by atoms with Crippen LogP contribution >= 0.6 is 0 Å². The van der Waals surface area contributed by atoms with Gasteiger partial charge in [-0.1, -0.05) is 13.3 Å². The molecule has 19 heavy (non-hydrogen) atoms. The van der Waals surface area contributed by atoms with E-state index in [1.54, 1.807) is 13.8 Å². The largest absolute Gasteiger partial charge is 0.393 e. The van der Waals surface area contributed by atoms with Crippen molar-refractivity contribution in [3.63, 3.8) is 0 Å². The Labute approximate surface area is 113 Å². The Kier molecular flexibility index (Phi) is 4.49. The van der Waals surface area contributed by atoms with Gasteiger partial charge in [-0.2, -0.15) is 0 Å². The minimum absolute atomic E-state index is 0.333. The smallest absolute Gasteiger partial charge is 0.190 e. The van der Waals surface area contributed by atoms with Crippen molar-refractivity contribution in [1.82, 2.24) is 0 Å². The Morgan fingerprint density at radius 2 is 1.79 bits per heavy atom. The summed E-state index contributed by atoms with van der Waals surface area (Å²) >= 11 is 0. The molecule has 2 aliphatic rings. The van der Waals surface area contributed by atoms with Gasteiger partial charge in [0.05, 0.1) is 13.2 Å². The lowest BCUT2D eigenvalue weighted by atomic mass is 9.97. The zero-order chi connectivity index (χ0) is 14.1. The van der Waals surface area contributed by atoms with Crippen molar-refractivity contribution in [3.05, 3.63) is 0 Å². The van der Waals surface area contributed by atoms with Crippen molar-refractivity contribution >= 4 is 0 Å². The monoisotopic (exact) mass is 276 g/mol. The minimum atomic E-state index is -1.15. The third-order valence-electron chi connectivity index (χ3n) is 3.59. The number of aliphatic hydroxyl groups is 2. The molecule has 6 heteroatoms. The summed E-state index contributed by atoms with van der Waals surface area (Å²) in [5.74, 6) is -0.737. The molecule has 0 saturated carbocycles. The summed E-state index contributed by atoms with van der Waals surface area (Å²) in [6.45, 7) is 5.55. The average molecular weight is 276 g/mol. The second-order valence-corrected chi connectivity index (χ2v) is 5.61. The summed E-state index contributed by atoms with van der Waals surface area (Å²) in [6, 6.07) is 0. The second kappa shape index (κ2) is 5.63. The SMILES string of the molecule is CCCCOC1C2OC(C)(C)O[C@H]2OC1(CO)CO. The van der Waals surface area contributed by atoms with E-state index in [-0.39, 0.29) is 13.2 Å². The number of rotatable bonds is 6. The van der Waals surface area contributed by atoms with Crippen LogP contribution in [0.3, 0.4) is 0 Å². The number of fused-ring (bicyclic) bond motifs is 1. The van der Waals surface area contributed by atoms with Gasteiger partial charge in [-0.3, -0.25) is 0 Å². The molecule has 2 heterocycles. The maximum Gasteiger partial charge on any atom is 0.190 e. The van der Waals surface area contributed by atoms with Gasteiger partial charge in [-0.15, -0.1) is 0 Å². The lowest BCUT2D eigenvalue weighted by molar-refractivity contribution is -0.257. The van der Waals surface area contributed by atoms with Gasteiger partial charge in [0.25, 0.3) is 0 Å². The highest BCUT2D eigenvalue weighted by molar-refractivity contribution is 5.04. The Balaban J connectivity index is 2.11. The van der Waals surface area contributed by atoms with Crippen LogP contribution in [0.1, 0.15) is 33.6 Å². The van der Waals surface area contributed by atoms with E-state index in [1.807, 2.05) is 0 Å². The minimum Gasteiger partial charge on any atom is -0.393 e. The van der Waals surface area contributed by atoms with Crippen molar-refractivity contribution in [3.8, 4) is 0 Å². The molecule has 2 N–H and O–H groups in total. The van der Waals surface area contributed by atoms with Gasteiger partial charge in [0, 0.05) is 6.61 Å². The summed E-state index contributed by atoms with van der Waals surface area (Å²) < 4.78 is 22.9. The first-order valence-corrected chi connectivity index (χ1v) is 6.85. The van der Waals surface area contributed by atoms with Crippen molar-refractivity contribution in [2.24, 2.45) is 0 Å². The first-order valence-electron chi connectivity index (χ1n) is 6.85. The molecule has 2 aliphatic heterocycles. The molecule has 0 spiro atoms. The van der Waals surface area contributed by atoms with Crippen LogP contribution in [0.4, 0.5) is 0 Å². The normalized spacial score (nSPS) is 35.5. The van der Waals surface area contributed by atoms with Crippen molar-refractivity contribution < 1.29 is 29.2 Å². The average Bonchev–Trinajstić information content (AvgIpc) is 2.80. The van der Waals surface area contributed by atoms with Gasteiger partial charge < -0.3 is 29.2 Å². The number of unbranched alkanes of at least 4 members (excludes halogenated alkanes) is 1. The zero-order valence-corrected chi connectivity index (χ0v) is 11.8. The van der Waals surface area contributed by atoms with Gasteiger partial charge in [-0.25, -0.2) is 0 Å². The van der Waals surface area contributed by atoms with Crippen LogP contribution in [0.2, 0.25) is 0 Å². The van der Waals surface area contributed by atoms with Gasteiger partial charge in [-0.05, 0) is 20.3 Å². The summed E-state index contributed by atoms with van der Waals surface area (Å²) in [4.78, 5) is 0. The molecule has 2 rings (SSSR count). The third kappa shape index (κ3) is 2.79. The van der Waals surface area contributed by atoms with Crippen LogP contribution in [-0.2, 0) is 18.9 Å². The topological polar surface area (TPSA) is 77.4 Å². The van der Waals surface area contributed by atoms with E-state index in [4.69, 9.17) is 18.9 Å². The molecule has 0 amide bonds. The highest BCUT2D eigenvalue weighted by Crippen LogP contribution is 2.43. The molecule has 6 nitrogen and oxygen atoms in total. The molecule has 0 aromatic carbocycles. The number of hydrogen-bond acceptors (Lipinski definition) is 6. The summed E-state index contributed by atoms with van der Waals surface area (Å²) in [5, 5.41) is 19.1. The number of aliphatic hydroxyl groups excluding tert-OH is 2. The van der Waals surface area contributed by atoms with Crippen LogP contribution in [0, 0.1) is 0 Å². The van der Waals surface area contributed by atoms with Crippen molar-refractivity contribution in [2.75, 3.05) is 19.8 Å². The number of hydrogen-bond donors (Lipinski definition) is 2. The molecule has 0 aliphatic carbocycles. The van der Waals surface area contributed by atoms with E-state index < -0.39 is 29.9 Å². The lowest BCUT2D eigenvalue weighted by Crippen LogP contribution is -2.52. The predicted molar refractivity (Wildman–Crippen MR) is 66.5 cm³/mol. The molecule has 2 unspecified atom stereocenters. The van der Waals surface area contributed by atoms with Crippen molar-refractivity contribution in [1.29, 1.82) is 0 Å². The maximum absolute atomic E-state index is 9.55. The summed E-state index contributed by atoms with van der Waals surface area (Å²) in [7, 11) is 0. The fourth-order valence-electron chi connectivity index (χ4n) is 2.56. The molecular formula is C13H24O6. The maximum atomic E-state index is 9.55. The highest BCUT2D eigenvalue weighted by atomic mass is 16.8. The molecule has 0 aromatic rings. The predicted octanol–water partition coefficient (Wildman–Crippen LogP) is 0.403. The van der Waals surface area contributed by atoms with E-state index in [9.17, 15) is 10.2 Å². The zero-order valence-electron chi connectivity index (χ0n) is 11.8. The molecule has 0 radical (unpaired) electrons. The summed E-state index contributed by atoms with van der Waals surface area (Å²) in [5.41, 5.74) is -1.15. The van der Waals surface area contributed by atoms with Crippen LogP contribution in [0.25, 0.3) is 0 Å². The van der Waals surface area contributed by atoms with Gasteiger partial charge in [0.15, 0.2) is 12.1 Å². The highest BCUT2D eigenvalue weighted by Gasteiger charge is 2.62. The van der Waals surface area contributed by atoms with Gasteiger partial charge >= 0.3 is 0 Å². The van der Waals surface area contributed by atoms with Crippen molar-refractivity contribution in [2.45, 2.75) is 63.5 Å². The van der Waals surface area contributed by atoms with Crippen LogP contribution in [0.15, 0.2) is 0 Å². The van der Waals surface area contributed by atoms with Gasteiger partial charge in [0.1, 0.15) is 17.8 Å². The molecule has 3 atom stereocenters. The number of ether oxygens (including phenoxy) is 4. The van der Waals surface area contributed by atoms with E-state index in [0.29, 0.717) is 6.61 Å². The standard InChI is InChI=1S/C13H24O6/c1-4-5-6-16-10-9-11(18-12(2,3)17-9)19-13(10,7-14)8-15/h9-11,14-15H,4-8H2,1-3H3/t9?,10?,11-/m0/s1. The van der Waals surface area contributed by atoms with E-state index >= 15 is 0 Å². The van der Waals surface area contributed by atoms with Crippen LogP contribution in [0.5, 0.6) is 0 Å². The molecule has 112 valence electrons. The first-order chi connectivity index (χ1) is 8.98. The fraction of sp³-hybridized carbons (Fsp3) is 1.00. The van der Waals surface area contributed by atoms with E-state index in [2.05, 4.69) is 6.92 Å². The quantitative estimate of drug-likeness (QED) is 0.684.